The smallest absolute Gasteiger partial charge is 0.244 e. The maximum absolute atomic E-state index is 12.5. The van der Waals surface area contributed by atoms with Crippen molar-refractivity contribution < 1.29 is 8.42 Å². The van der Waals surface area contributed by atoms with Crippen molar-refractivity contribution in [2.45, 2.75) is 37.6 Å². The zero-order valence-corrected chi connectivity index (χ0v) is 13.3. The molecule has 0 fully saturated rings. The number of nitrogen functional groups attached to an aromatic ring is 1. The Kier molecular flexibility index (Phi) is 5.19. The minimum absolute atomic E-state index is 0.0340. The van der Waals surface area contributed by atoms with E-state index in [1.807, 2.05) is 13.8 Å². The van der Waals surface area contributed by atoms with E-state index in [4.69, 9.17) is 5.73 Å². The highest BCUT2D eigenvalue weighted by Gasteiger charge is 2.26. The first kappa shape index (κ1) is 15.5. The van der Waals surface area contributed by atoms with E-state index in [1.165, 1.54) is 10.4 Å². The first-order chi connectivity index (χ1) is 8.30. The van der Waals surface area contributed by atoms with Gasteiger partial charge in [-0.2, -0.15) is 4.31 Å². The van der Waals surface area contributed by atoms with Crippen LogP contribution in [-0.2, 0) is 10.0 Å². The van der Waals surface area contributed by atoms with Crippen molar-refractivity contribution >= 4 is 31.6 Å². The lowest BCUT2D eigenvalue weighted by atomic mass is 10.2. The second-order valence-corrected chi connectivity index (χ2v) is 7.17. The van der Waals surface area contributed by atoms with Gasteiger partial charge in [0.05, 0.1) is 4.90 Å². The molecule has 1 unspecified atom stereocenters. The highest BCUT2D eigenvalue weighted by atomic mass is 79.9. The van der Waals surface area contributed by atoms with Gasteiger partial charge in [-0.3, -0.25) is 0 Å². The predicted molar refractivity (Wildman–Crippen MR) is 77.9 cm³/mol. The van der Waals surface area contributed by atoms with Crippen molar-refractivity contribution in [3.63, 3.8) is 0 Å². The van der Waals surface area contributed by atoms with E-state index in [2.05, 4.69) is 15.9 Å². The number of hydrogen-bond donors (Lipinski definition) is 1. The zero-order valence-electron chi connectivity index (χ0n) is 10.9. The summed E-state index contributed by atoms with van der Waals surface area (Å²) in [6.07, 6.45) is 1.77. The quantitative estimate of drug-likeness (QED) is 0.842. The highest BCUT2D eigenvalue weighted by Crippen LogP contribution is 2.27. The molecule has 18 heavy (non-hydrogen) atoms. The average Bonchev–Trinajstić information content (AvgIpc) is 2.31. The van der Waals surface area contributed by atoms with Gasteiger partial charge in [0.15, 0.2) is 0 Å². The van der Waals surface area contributed by atoms with E-state index in [-0.39, 0.29) is 10.9 Å². The minimum atomic E-state index is -3.51. The van der Waals surface area contributed by atoms with Gasteiger partial charge >= 0.3 is 0 Å². The number of halogens is 1. The molecule has 102 valence electrons. The van der Waals surface area contributed by atoms with Gasteiger partial charge < -0.3 is 5.73 Å². The molecule has 0 aliphatic carbocycles. The Bertz CT molecular complexity index is 517. The topological polar surface area (TPSA) is 63.4 Å². The number of rotatable bonds is 5. The van der Waals surface area contributed by atoms with Crippen molar-refractivity contribution in [3.05, 3.63) is 22.7 Å². The molecular formula is C12H19BrN2O2S. The number of anilines is 1. The number of hydrogen-bond acceptors (Lipinski definition) is 3. The highest BCUT2D eigenvalue weighted by molar-refractivity contribution is 9.10. The maximum atomic E-state index is 12.5. The van der Waals surface area contributed by atoms with Crippen LogP contribution in [0.25, 0.3) is 0 Å². The number of sulfonamides is 1. The van der Waals surface area contributed by atoms with Crippen molar-refractivity contribution in [2.24, 2.45) is 0 Å². The third-order valence-electron chi connectivity index (χ3n) is 2.94. The molecule has 1 rings (SSSR count). The fourth-order valence-corrected chi connectivity index (χ4v) is 4.06. The first-order valence-corrected chi connectivity index (χ1v) is 8.07. The average molecular weight is 335 g/mol. The molecule has 0 amide bonds. The lowest BCUT2D eigenvalue weighted by Crippen LogP contribution is -2.35. The Morgan fingerprint density at radius 2 is 2.06 bits per heavy atom. The van der Waals surface area contributed by atoms with Crippen LogP contribution in [0.15, 0.2) is 27.6 Å². The summed E-state index contributed by atoms with van der Waals surface area (Å²) in [5.41, 5.74) is 6.09. The van der Waals surface area contributed by atoms with Crippen LogP contribution in [0.5, 0.6) is 0 Å². The lowest BCUT2D eigenvalue weighted by molar-refractivity contribution is 0.368. The third-order valence-corrected chi connectivity index (χ3v) is 5.91. The van der Waals surface area contributed by atoms with Gasteiger partial charge in [0.25, 0.3) is 0 Å². The molecule has 0 spiro atoms. The molecule has 0 aromatic heterocycles. The molecule has 1 aromatic rings. The van der Waals surface area contributed by atoms with Crippen LogP contribution in [0.4, 0.5) is 5.69 Å². The molecule has 0 radical (unpaired) electrons. The summed E-state index contributed by atoms with van der Waals surface area (Å²) in [6.45, 7) is 3.94. The van der Waals surface area contributed by atoms with E-state index >= 15 is 0 Å². The molecule has 0 saturated carbocycles. The second kappa shape index (κ2) is 6.04. The van der Waals surface area contributed by atoms with Gasteiger partial charge in [0.2, 0.25) is 10.0 Å². The molecule has 0 heterocycles. The normalized spacial score (nSPS) is 13.8. The van der Waals surface area contributed by atoms with Crippen molar-refractivity contribution in [1.82, 2.24) is 4.31 Å². The first-order valence-electron chi connectivity index (χ1n) is 5.83. The zero-order chi connectivity index (χ0) is 13.9. The molecule has 4 nitrogen and oxygen atoms in total. The summed E-state index contributed by atoms with van der Waals surface area (Å²) in [5.74, 6) is 0. The summed E-state index contributed by atoms with van der Waals surface area (Å²) in [4.78, 5) is 0.216. The Hall–Kier alpha value is -0.590. The summed E-state index contributed by atoms with van der Waals surface area (Å²) in [7, 11) is -1.90. The van der Waals surface area contributed by atoms with Gasteiger partial charge in [0.1, 0.15) is 0 Å². The Morgan fingerprint density at radius 3 is 2.61 bits per heavy atom. The van der Waals surface area contributed by atoms with Crippen LogP contribution in [0, 0.1) is 0 Å². The van der Waals surface area contributed by atoms with E-state index < -0.39 is 10.0 Å². The SMILES string of the molecule is CCCC(C)N(C)S(=O)(=O)c1cc(N)ccc1Br. The molecule has 1 aromatic carbocycles. The van der Waals surface area contributed by atoms with Crippen LogP contribution in [-0.4, -0.2) is 25.8 Å². The van der Waals surface area contributed by atoms with E-state index in [1.54, 1.807) is 19.2 Å². The molecule has 6 heteroatoms. The maximum Gasteiger partial charge on any atom is 0.244 e. The summed E-state index contributed by atoms with van der Waals surface area (Å²) >= 11 is 3.26. The molecule has 0 saturated heterocycles. The molecule has 0 aliphatic rings. The molecule has 1 atom stereocenters. The van der Waals surface area contributed by atoms with E-state index in [0.29, 0.717) is 10.2 Å². The summed E-state index contributed by atoms with van der Waals surface area (Å²) < 4.78 is 26.9. The molecule has 2 N–H and O–H groups in total. The second-order valence-electron chi connectivity index (χ2n) is 4.35. The fraction of sp³-hybridized carbons (Fsp3) is 0.500. The third kappa shape index (κ3) is 3.24. The van der Waals surface area contributed by atoms with Gasteiger partial charge in [-0.1, -0.05) is 13.3 Å². The Morgan fingerprint density at radius 1 is 1.44 bits per heavy atom. The van der Waals surface area contributed by atoms with Crippen LogP contribution < -0.4 is 5.73 Å². The molecule has 0 bridgehead atoms. The van der Waals surface area contributed by atoms with Crippen molar-refractivity contribution in [2.75, 3.05) is 12.8 Å². The van der Waals surface area contributed by atoms with Crippen LogP contribution in [0.1, 0.15) is 26.7 Å². The monoisotopic (exact) mass is 334 g/mol. The van der Waals surface area contributed by atoms with Gasteiger partial charge in [0, 0.05) is 23.2 Å². The number of benzene rings is 1. The van der Waals surface area contributed by atoms with Crippen LogP contribution >= 0.6 is 15.9 Å². The summed E-state index contributed by atoms with van der Waals surface area (Å²) in [6, 6.07) is 4.77. The minimum Gasteiger partial charge on any atom is -0.399 e. The summed E-state index contributed by atoms with van der Waals surface area (Å²) in [5, 5.41) is 0. The fourth-order valence-electron chi connectivity index (χ4n) is 1.71. The number of nitrogens with two attached hydrogens (primary N) is 1. The molecular weight excluding hydrogens is 316 g/mol. The van der Waals surface area contributed by atoms with Gasteiger partial charge in [-0.15, -0.1) is 0 Å². The Balaban J connectivity index is 3.17. The van der Waals surface area contributed by atoms with Gasteiger partial charge in [-0.25, -0.2) is 8.42 Å². The molecule has 0 aliphatic heterocycles. The standard InChI is InChI=1S/C12H19BrN2O2S/c1-4-5-9(2)15(3)18(16,17)12-8-10(14)6-7-11(12)13/h6-9H,4-5,14H2,1-3H3. The van der Waals surface area contributed by atoms with E-state index in [0.717, 1.165) is 12.8 Å². The van der Waals surface area contributed by atoms with Crippen LogP contribution in [0.2, 0.25) is 0 Å². The number of nitrogens with zero attached hydrogens (tertiary/aromatic N) is 1. The Labute approximate surface area is 117 Å². The largest absolute Gasteiger partial charge is 0.399 e. The van der Waals surface area contributed by atoms with Crippen molar-refractivity contribution in [1.29, 1.82) is 0 Å². The predicted octanol–water partition coefficient (Wildman–Crippen LogP) is 2.84. The van der Waals surface area contributed by atoms with E-state index in [9.17, 15) is 8.42 Å². The van der Waals surface area contributed by atoms with Gasteiger partial charge in [-0.05, 0) is 47.5 Å². The van der Waals surface area contributed by atoms with Crippen molar-refractivity contribution in [3.8, 4) is 0 Å². The van der Waals surface area contributed by atoms with Crippen LogP contribution in [0.3, 0.4) is 0 Å². The lowest BCUT2D eigenvalue weighted by Gasteiger charge is -2.24.